The molecule has 0 aliphatic carbocycles. The largest absolute Gasteiger partial charge is 0.417 e. The number of aromatic nitrogens is 2. The summed E-state index contributed by atoms with van der Waals surface area (Å²) in [5.74, 6) is 0.176. The van der Waals surface area contributed by atoms with E-state index in [9.17, 15) is 18.0 Å². The number of nitrogens with zero attached hydrogens (tertiary/aromatic N) is 3. The van der Waals surface area contributed by atoms with Crippen LogP contribution >= 0.6 is 0 Å². The SMILES string of the molecule is CC(C)(COC1CCCCO1)c1cc(NC(=O)[C@@H]2CCN2c2ccc(C(F)(F)F)cn2)on1. The smallest absolute Gasteiger partial charge is 0.353 e. The Balaban J connectivity index is 1.33. The summed E-state index contributed by atoms with van der Waals surface area (Å²) in [6, 6.07) is 3.33. The highest BCUT2D eigenvalue weighted by atomic mass is 19.4. The Labute approximate surface area is 189 Å². The number of carbonyl (C=O) groups excluding carboxylic acids is 1. The first-order valence-corrected chi connectivity index (χ1v) is 10.9. The zero-order valence-corrected chi connectivity index (χ0v) is 18.5. The van der Waals surface area contributed by atoms with Crippen molar-refractivity contribution < 1.29 is 32.0 Å². The molecule has 2 aromatic heterocycles. The summed E-state index contributed by atoms with van der Waals surface area (Å²) in [4.78, 5) is 18.2. The number of hydrogen-bond acceptors (Lipinski definition) is 7. The van der Waals surface area contributed by atoms with Crippen molar-refractivity contribution in [1.82, 2.24) is 10.1 Å². The fraction of sp³-hybridized carbons (Fsp3) is 0.591. The van der Waals surface area contributed by atoms with Crippen LogP contribution in [0.2, 0.25) is 0 Å². The van der Waals surface area contributed by atoms with Crippen molar-refractivity contribution in [3.63, 3.8) is 0 Å². The van der Waals surface area contributed by atoms with E-state index < -0.39 is 23.2 Å². The van der Waals surface area contributed by atoms with Crippen LogP contribution in [-0.4, -0.2) is 48.1 Å². The van der Waals surface area contributed by atoms with E-state index in [1.165, 1.54) is 6.07 Å². The molecular weight excluding hydrogens is 441 g/mol. The van der Waals surface area contributed by atoms with Crippen molar-refractivity contribution in [2.24, 2.45) is 0 Å². The lowest BCUT2D eigenvalue weighted by atomic mass is 9.90. The molecule has 180 valence electrons. The van der Waals surface area contributed by atoms with Crippen LogP contribution in [0.25, 0.3) is 0 Å². The second-order valence-corrected chi connectivity index (χ2v) is 8.96. The number of carbonyl (C=O) groups is 1. The van der Waals surface area contributed by atoms with E-state index in [-0.39, 0.29) is 18.1 Å². The molecule has 8 nitrogen and oxygen atoms in total. The average Bonchev–Trinajstić information content (AvgIpc) is 3.21. The third-order valence-electron chi connectivity index (χ3n) is 5.91. The zero-order chi connectivity index (χ0) is 23.6. The number of halogens is 3. The summed E-state index contributed by atoms with van der Waals surface area (Å²) < 4.78 is 55.0. The quantitative estimate of drug-likeness (QED) is 0.654. The van der Waals surface area contributed by atoms with E-state index in [1.54, 1.807) is 11.0 Å². The molecule has 2 atom stereocenters. The van der Waals surface area contributed by atoms with E-state index >= 15 is 0 Å². The molecule has 1 unspecified atom stereocenters. The maximum Gasteiger partial charge on any atom is 0.417 e. The molecule has 1 N–H and O–H groups in total. The molecule has 4 heterocycles. The molecule has 2 aromatic rings. The standard InChI is InChI=1S/C22H27F3N4O4/c1-21(2,13-32-19-5-3-4-10-31-19)16-11-18(33-28-16)27-20(30)15-8-9-29(15)17-7-6-14(12-26-17)22(23,24)25/h6-7,11-12,15,19H,3-5,8-10,13H2,1-2H3,(H,27,30)/t15-,19?/m0/s1. The van der Waals surface area contributed by atoms with Gasteiger partial charge in [0.05, 0.1) is 17.9 Å². The lowest BCUT2D eigenvalue weighted by Gasteiger charge is -2.40. The molecule has 2 aliphatic rings. The highest BCUT2D eigenvalue weighted by Gasteiger charge is 2.37. The van der Waals surface area contributed by atoms with Gasteiger partial charge in [-0.2, -0.15) is 13.2 Å². The molecule has 0 bridgehead atoms. The van der Waals surface area contributed by atoms with E-state index in [0.29, 0.717) is 37.7 Å². The molecule has 0 spiro atoms. The van der Waals surface area contributed by atoms with Crippen LogP contribution in [0.1, 0.15) is 50.8 Å². The maximum absolute atomic E-state index is 12.7. The van der Waals surface area contributed by atoms with Crippen LogP contribution in [0.5, 0.6) is 0 Å². The van der Waals surface area contributed by atoms with E-state index in [0.717, 1.165) is 31.5 Å². The Bertz CT molecular complexity index is 955. The topological polar surface area (TPSA) is 89.7 Å². The van der Waals surface area contributed by atoms with Crippen LogP contribution in [0, 0.1) is 0 Å². The normalized spacial score (nSPS) is 21.5. The molecule has 0 aromatic carbocycles. The molecule has 2 fully saturated rings. The zero-order valence-electron chi connectivity index (χ0n) is 18.5. The van der Waals surface area contributed by atoms with Crippen molar-refractivity contribution in [1.29, 1.82) is 0 Å². The van der Waals surface area contributed by atoms with Gasteiger partial charge in [-0.15, -0.1) is 0 Å². The minimum absolute atomic E-state index is 0.198. The molecular formula is C22H27F3N4O4. The van der Waals surface area contributed by atoms with Gasteiger partial charge in [-0.1, -0.05) is 19.0 Å². The van der Waals surface area contributed by atoms with Crippen LogP contribution in [0.4, 0.5) is 24.9 Å². The Kier molecular flexibility index (Phi) is 6.62. The predicted molar refractivity (Wildman–Crippen MR) is 113 cm³/mol. The predicted octanol–water partition coefficient (Wildman–Crippen LogP) is 4.13. The molecule has 33 heavy (non-hydrogen) atoms. The van der Waals surface area contributed by atoms with Gasteiger partial charge in [0.2, 0.25) is 11.8 Å². The summed E-state index contributed by atoms with van der Waals surface area (Å²) in [5.41, 5.74) is -0.660. The van der Waals surface area contributed by atoms with Gasteiger partial charge in [0.25, 0.3) is 0 Å². The number of rotatable bonds is 7. The van der Waals surface area contributed by atoms with Crippen LogP contribution < -0.4 is 10.2 Å². The van der Waals surface area contributed by atoms with E-state index in [4.69, 9.17) is 14.0 Å². The lowest BCUT2D eigenvalue weighted by molar-refractivity contribution is -0.170. The second-order valence-electron chi connectivity index (χ2n) is 8.96. The monoisotopic (exact) mass is 468 g/mol. The minimum atomic E-state index is -4.45. The molecule has 0 radical (unpaired) electrons. The summed E-state index contributed by atoms with van der Waals surface area (Å²) in [7, 11) is 0. The molecule has 4 rings (SSSR count). The Hall–Kier alpha value is -2.66. The van der Waals surface area contributed by atoms with Gasteiger partial charge >= 0.3 is 6.18 Å². The summed E-state index contributed by atoms with van der Waals surface area (Å²) in [6.07, 6.45) is -0.364. The van der Waals surface area contributed by atoms with Gasteiger partial charge in [-0.3, -0.25) is 10.1 Å². The number of alkyl halides is 3. The first kappa shape index (κ1) is 23.5. The fourth-order valence-corrected chi connectivity index (χ4v) is 3.73. The number of hydrogen-bond donors (Lipinski definition) is 1. The van der Waals surface area contributed by atoms with E-state index in [2.05, 4.69) is 15.5 Å². The van der Waals surface area contributed by atoms with Crippen molar-refractivity contribution in [3.8, 4) is 0 Å². The molecule has 2 saturated heterocycles. The molecule has 1 amide bonds. The van der Waals surface area contributed by atoms with Gasteiger partial charge in [0.15, 0.2) is 6.29 Å². The van der Waals surface area contributed by atoms with Gasteiger partial charge in [0.1, 0.15) is 11.9 Å². The van der Waals surface area contributed by atoms with E-state index in [1.807, 2.05) is 13.8 Å². The Morgan fingerprint density at radius 2 is 2.09 bits per heavy atom. The lowest BCUT2D eigenvalue weighted by Crippen LogP contribution is -2.54. The first-order chi connectivity index (χ1) is 15.6. The number of pyridine rings is 1. The Morgan fingerprint density at radius 3 is 2.70 bits per heavy atom. The minimum Gasteiger partial charge on any atom is -0.353 e. The highest BCUT2D eigenvalue weighted by Crippen LogP contribution is 2.32. The maximum atomic E-state index is 12.7. The molecule has 11 heteroatoms. The second kappa shape index (κ2) is 9.30. The van der Waals surface area contributed by atoms with Gasteiger partial charge in [-0.05, 0) is 37.8 Å². The van der Waals surface area contributed by atoms with Crippen molar-refractivity contribution >= 4 is 17.6 Å². The molecule has 0 saturated carbocycles. The Morgan fingerprint density at radius 1 is 1.27 bits per heavy atom. The summed E-state index contributed by atoms with van der Waals surface area (Å²) >= 11 is 0. The van der Waals surface area contributed by atoms with Crippen molar-refractivity contribution in [2.75, 3.05) is 30.0 Å². The average molecular weight is 468 g/mol. The molecule has 2 aliphatic heterocycles. The van der Waals surface area contributed by atoms with Gasteiger partial charge < -0.3 is 18.9 Å². The van der Waals surface area contributed by atoms with Gasteiger partial charge in [-0.25, -0.2) is 4.98 Å². The fourth-order valence-electron chi connectivity index (χ4n) is 3.73. The van der Waals surface area contributed by atoms with Crippen molar-refractivity contribution in [2.45, 2.75) is 63.5 Å². The third-order valence-corrected chi connectivity index (χ3v) is 5.91. The summed E-state index contributed by atoms with van der Waals surface area (Å²) in [5, 5.41) is 6.77. The third kappa shape index (κ3) is 5.47. The van der Waals surface area contributed by atoms with Crippen LogP contribution in [0.15, 0.2) is 28.9 Å². The van der Waals surface area contributed by atoms with Crippen molar-refractivity contribution in [3.05, 3.63) is 35.7 Å². The number of nitrogens with one attached hydrogen (secondary N) is 1. The number of amides is 1. The number of ether oxygens (including phenoxy) is 2. The van der Waals surface area contributed by atoms with Gasteiger partial charge in [0, 0.05) is 30.8 Å². The van der Waals surface area contributed by atoms with Crippen LogP contribution in [-0.2, 0) is 25.9 Å². The summed E-state index contributed by atoms with van der Waals surface area (Å²) in [6.45, 7) is 5.52. The highest BCUT2D eigenvalue weighted by molar-refractivity contribution is 5.96. The van der Waals surface area contributed by atoms with Crippen LogP contribution in [0.3, 0.4) is 0 Å². The number of anilines is 2. The first-order valence-electron chi connectivity index (χ1n) is 10.9.